The first kappa shape index (κ1) is 22.0. The molecule has 3 aromatic rings. The maximum atomic E-state index is 12.7. The van der Waals surface area contributed by atoms with E-state index in [2.05, 4.69) is 4.74 Å². The Morgan fingerprint density at radius 1 is 1.00 bits per heavy atom. The Hall–Kier alpha value is -3.74. The van der Waals surface area contributed by atoms with Gasteiger partial charge in [-0.25, -0.2) is 4.79 Å². The highest BCUT2D eigenvalue weighted by Gasteiger charge is 2.29. The third-order valence-electron chi connectivity index (χ3n) is 4.48. The van der Waals surface area contributed by atoms with Gasteiger partial charge in [-0.05, 0) is 53.1 Å². The number of hydrogen-bond acceptors (Lipinski definition) is 4. The van der Waals surface area contributed by atoms with E-state index in [-0.39, 0.29) is 12.4 Å². The first-order valence-electron chi connectivity index (χ1n) is 9.24. The van der Waals surface area contributed by atoms with Gasteiger partial charge in [0.2, 0.25) is 0 Å². The zero-order chi connectivity index (χ0) is 22.4. The second kappa shape index (κ2) is 9.38. The lowest BCUT2D eigenvalue weighted by Crippen LogP contribution is -2.04. The third kappa shape index (κ3) is 5.88. The molecule has 0 amide bonds. The van der Waals surface area contributed by atoms with Gasteiger partial charge in [-0.1, -0.05) is 30.3 Å². The first-order valence-corrected chi connectivity index (χ1v) is 9.24. The van der Waals surface area contributed by atoms with Gasteiger partial charge in [0.1, 0.15) is 18.1 Å². The molecule has 4 nitrogen and oxygen atoms in total. The third-order valence-corrected chi connectivity index (χ3v) is 4.48. The minimum absolute atomic E-state index is 0.0591. The van der Waals surface area contributed by atoms with E-state index >= 15 is 0 Å². The zero-order valence-corrected chi connectivity index (χ0v) is 16.5. The summed E-state index contributed by atoms with van der Waals surface area (Å²) in [6.45, 7) is 0.200. The summed E-state index contributed by atoms with van der Waals surface area (Å²) in [5.41, 5.74) is 1.98. The highest BCUT2D eigenvalue weighted by Crippen LogP contribution is 2.31. The van der Waals surface area contributed by atoms with Crippen LogP contribution >= 0.6 is 0 Å². The van der Waals surface area contributed by atoms with E-state index in [9.17, 15) is 23.1 Å². The Morgan fingerprint density at radius 2 is 1.74 bits per heavy atom. The number of carbonyl (C=O) groups is 1. The van der Waals surface area contributed by atoms with Crippen LogP contribution in [0, 0.1) is 0 Å². The molecule has 7 heteroatoms. The van der Waals surface area contributed by atoms with Crippen LogP contribution in [0.2, 0.25) is 0 Å². The molecule has 0 atom stereocenters. The average Bonchev–Trinajstić information content (AvgIpc) is 2.76. The van der Waals surface area contributed by atoms with Crippen LogP contribution in [0.1, 0.15) is 16.7 Å². The lowest BCUT2D eigenvalue weighted by molar-refractivity contribution is -0.137. The van der Waals surface area contributed by atoms with Crippen molar-refractivity contribution >= 4 is 12.0 Å². The highest BCUT2D eigenvalue weighted by molar-refractivity contribution is 5.87. The lowest BCUT2D eigenvalue weighted by atomic mass is 10.0. The molecule has 31 heavy (non-hydrogen) atoms. The zero-order valence-electron chi connectivity index (χ0n) is 16.5. The van der Waals surface area contributed by atoms with Crippen molar-refractivity contribution in [3.05, 3.63) is 89.5 Å². The number of ether oxygens (including phenoxy) is 2. The lowest BCUT2D eigenvalue weighted by Gasteiger charge is -2.10. The van der Waals surface area contributed by atoms with E-state index in [1.54, 1.807) is 24.3 Å². The van der Waals surface area contributed by atoms with Gasteiger partial charge in [0, 0.05) is 17.7 Å². The number of esters is 1. The van der Waals surface area contributed by atoms with Crippen LogP contribution in [-0.4, -0.2) is 18.2 Å². The summed E-state index contributed by atoms with van der Waals surface area (Å²) in [4.78, 5) is 11.1. The minimum Gasteiger partial charge on any atom is -0.507 e. The molecular formula is C24H19F3O4. The van der Waals surface area contributed by atoms with Crippen LogP contribution in [0.5, 0.6) is 11.5 Å². The minimum atomic E-state index is -4.37. The molecule has 0 aliphatic heterocycles. The fraction of sp³-hybridized carbons (Fsp3) is 0.125. The van der Waals surface area contributed by atoms with E-state index in [0.717, 1.165) is 23.3 Å². The van der Waals surface area contributed by atoms with Crippen LogP contribution in [0.3, 0.4) is 0 Å². The SMILES string of the molecule is COC(=O)C=Cc1ccc(OCc2cccc(-c3ccc(C(F)(F)F)cc3)c2)cc1O. The van der Waals surface area contributed by atoms with E-state index in [1.807, 2.05) is 12.1 Å². The van der Waals surface area contributed by atoms with Crippen molar-refractivity contribution in [2.75, 3.05) is 7.11 Å². The summed E-state index contributed by atoms with van der Waals surface area (Å²) in [7, 11) is 1.26. The maximum absolute atomic E-state index is 12.7. The van der Waals surface area contributed by atoms with Gasteiger partial charge in [0.15, 0.2) is 0 Å². The second-order valence-corrected chi connectivity index (χ2v) is 6.64. The van der Waals surface area contributed by atoms with Crippen molar-refractivity contribution in [1.29, 1.82) is 0 Å². The maximum Gasteiger partial charge on any atom is 0.416 e. The average molecular weight is 428 g/mol. The number of rotatable bonds is 6. The number of carbonyl (C=O) groups excluding carboxylic acids is 1. The fourth-order valence-electron chi connectivity index (χ4n) is 2.84. The predicted octanol–water partition coefficient (Wildman–Crippen LogP) is 5.84. The van der Waals surface area contributed by atoms with Crippen molar-refractivity contribution in [3.63, 3.8) is 0 Å². The number of alkyl halides is 3. The van der Waals surface area contributed by atoms with Crippen LogP contribution in [-0.2, 0) is 22.3 Å². The first-order chi connectivity index (χ1) is 14.8. The van der Waals surface area contributed by atoms with E-state index in [0.29, 0.717) is 16.9 Å². The van der Waals surface area contributed by atoms with Crippen molar-refractivity contribution in [2.45, 2.75) is 12.8 Å². The van der Waals surface area contributed by atoms with Gasteiger partial charge >= 0.3 is 12.1 Å². The summed E-state index contributed by atoms with van der Waals surface area (Å²) >= 11 is 0. The Balaban J connectivity index is 1.68. The molecule has 0 unspecified atom stereocenters. The number of phenolic OH excluding ortho intramolecular Hbond substituents is 1. The van der Waals surface area contributed by atoms with E-state index in [1.165, 1.54) is 37.5 Å². The van der Waals surface area contributed by atoms with Gasteiger partial charge in [-0.15, -0.1) is 0 Å². The molecule has 3 rings (SSSR count). The molecule has 0 aromatic heterocycles. The molecule has 0 bridgehead atoms. The van der Waals surface area contributed by atoms with Gasteiger partial charge in [-0.2, -0.15) is 13.2 Å². The van der Waals surface area contributed by atoms with Crippen LogP contribution in [0.4, 0.5) is 13.2 Å². The van der Waals surface area contributed by atoms with Gasteiger partial charge in [-0.3, -0.25) is 0 Å². The number of phenols is 1. The molecule has 0 radical (unpaired) electrons. The topological polar surface area (TPSA) is 55.8 Å². The molecule has 0 spiro atoms. The van der Waals surface area contributed by atoms with E-state index in [4.69, 9.17) is 4.74 Å². The molecule has 0 fully saturated rings. The summed E-state index contributed by atoms with van der Waals surface area (Å²) < 4.78 is 48.4. The van der Waals surface area contributed by atoms with Crippen LogP contribution in [0.15, 0.2) is 72.8 Å². The number of methoxy groups -OCH3 is 1. The Bertz CT molecular complexity index is 1090. The molecule has 160 valence electrons. The van der Waals surface area contributed by atoms with Crippen molar-refractivity contribution in [1.82, 2.24) is 0 Å². The normalized spacial score (nSPS) is 11.5. The Morgan fingerprint density at radius 3 is 2.39 bits per heavy atom. The molecule has 1 N–H and O–H groups in total. The largest absolute Gasteiger partial charge is 0.507 e. The molecule has 0 aliphatic carbocycles. The van der Waals surface area contributed by atoms with Crippen molar-refractivity contribution in [3.8, 4) is 22.6 Å². The molecule has 0 aliphatic rings. The van der Waals surface area contributed by atoms with Crippen LogP contribution < -0.4 is 4.74 Å². The number of aromatic hydroxyl groups is 1. The Kier molecular flexibility index (Phi) is 6.65. The number of halogens is 3. The van der Waals surface area contributed by atoms with Gasteiger partial charge < -0.3 is 14.6 Å². The quantitative estimate of drug-likeness (QED) is 0.396. The fourth-order valence-corrected chi connectivity index (χ4v) is 2.84. The molecule has 0 saturated carbocycles. The smallest absolute Gasteiger partial charge is 0.416 e. The monoisotopic (exact) mass is 428 g/mol. The van der Waals surface area contributed by atoms with Crippen molar-refractivity contribution < 1.29 is 32.5 Å². The highest BCUT2D eigenvalue weighted by atomic mass is 19.4. The second-order valence-electron chi connectivity index (χ2n) is 6.64. The van der Waals surface area contributed by atoms with Crippen molar-refractivity contribution in [2.24, 2.45) is 0 Å². The standard InChI is InChI=1S/C24H19F3O4/c1-30-23(29)12-8-18-7-11-21(14-22(18)28)31-15-16-3-2-4-19(13-16)17-5-9-20(10-6-17)24(25,26)27/h2-14,28H,15H2,1H3. The predicted molar refractivity (Wildman–Crippen MR) is 110 cm³/mol. The number of hydrogen-bond donors (Lipinski definition) is 1. The molecule has 0 heterocycles. The number of benzene rings is 3. The van der Waals surface area contributed by atoms with Gasteiger partial charge in [0.25, 0.3) is 0 Å². The molecular weight excluding hydrogens is 409 g/mol. The summed E-state index contributed by atoms with van der Waals surface area (Å²) in [6.07, 6.45) is -1.74. The summed E-state index contributed by atoms with van der Waals surface area (Å²) in [5.74, 6) is -0.170. The van der Waals surface area contributed by atoms with E-state index < -0.39 is 17.7 Å². The summed E-state index contributed by atoms with van der Waals surface area (Å²) in [6, 6.07) is 16.9. The molecule has 3 aromatic carbocycles. The van der Waals surface area contributed by atoms with Gasteiger partial charge in [0.05, 0.1) is 12.7 Å². The van der Waals surface area contributed by atoms with Crippen LogP contribution in [0.25, 0.3) is 17.2 Å². The summed E-state index contributed by atoms with van der Waals surface area (Å²) in [5, 5.41) is 10.1. The Labute approximate surface area is 177 Å². The molecule has 0 saturated heterocycles.